The van der Waals surface area contributed by atoms with E-state index in [1.807, 2.05) is 6.92 Å². The number of thioether (sulfide) groups is 1. The Kier molecular flexibility index (Phi) is 5.31. The second-order valence-electron chi connectivity index (χ2n) is 4.94. The minimum atomic E-state index is -1.07. The average molecular weight is 343 g/mol. The van der Waals surface area contributed by atoms with Crippen LogP contribution in [-0.2, 0) is 14.4 Å². The third-order valence-corrected chi connectivity index (χ3v) is 4.91. The molecule has 118 valence electrons. The number of nitrogens with one attached hydrogen (secondary N) is 2. The van der Waals surface area contributed by atoms with E-state index in [1.165, 1.54) is 11.8 Å². The Morgan fingerprint density at radius 1 is 1.50 bits per heavy atom. The average Bonchev–Trinajstić information content (AvgIpc) is 2.45. The molecule has 3 N–H and O–H groups in total. The number of carbonyl (C=O) groups is 3. The smallest absolute Gasteiger partial charge is 0.327 e. The highest BCUT2D eigenvalue weighted by Gasteiger charge is 2.33. The number of hydrogen-bond donors (Lipinski definition) is 3. The van der Waals surface area contributed by atoms with Crippen LogP contribution in [0.2, 0.25) is 5.02 Å². The molecule has 2 atom stereocenters. The lowest BCUT2D eigenvalue weighted by Crippen LogP contribution is -2.51. The Morgan fingerprint density at radius 2 is 2.23 bits per heavy atom. The van der Waals surface area contributed by atoms with E-state index in [0.29, 0.717) is 10.7 Å². The van der Waals surface area contributed by atoms with Gasteiger partial charge in [0.15, 0.2) is 0 Å². The van der Waals surface area contributed by atoms with Crippen LogP contribution in [-0.4, -0.2) is 39.9 Å². The number of carbonyl (C=O) groups excluding carboxylic acids is 2. The van der Waals surface area contributed by atoms with Crippen molar-refractivity contribution in [1.29, 1.82) is 0 Å². The van der Waals surface area contributed by atoms with Crippen LogP contribution in [0.1, 0.15) is 12.0 Å². The zero-order valence-corrected chi connectivity index (χ0v) is 13.3. The number of carboxylic acid groups (broad SMARTS) is 1. The molecule has 2 rings (SSSR count). The van der Waals surface area contributed by atoms with Gasteiger partial charge < -0.3 is 15.7 Å². The molecule has 1 aliphatic heterocycles. The zero-order valence-electron chi connectivity index (χ0n) is 11.8. The second kappa shape index (κ2) is 7.02. The van der Waals surface area contributed by atoms with Crippen LogP contribution in [0.15, 0.2) is 18.2 Å². The van der Waals surface area contributed by atoms with Crippen LogP contribution in [0.3, 0.4) is 0 Å². The van der Waals surface area contributed by atoms with Crippen molar-refractivity contribution in [2.45, 2.75) is 24.6 Å². The van der Waals surface area contributed by atoms with Gasteiger partial charge in [-0.2, -0.15) is 0 Å². The molecule has 1 aliphatic rings. The molecule has 1 saturated heterocycles. The van der Waals surface area contributed by atoms with Crippen molar-refractivity contribution in [3.8, 4) is 0 Å². The molecule has 0 spiro atoms. The number of aryl methyl sites for hydroxylation is 1. The van der Waals surface area contributed by atoms with Gasteiger partial charge >= 0.3 is 5.97 Å². The van der Waals surface area contributed by atoms with Crippen molar-refractivity contribution >= 4 is 46.8 Å². The number of benzene rings is 1. The minimum absolute atomic E-state index is 0.0195. The molecule has 1 heterocycles. The number of carboxylic acids is 1. The summed E-state index contributed by atoms with van der Waals surface area (Å²) in [5, 5.41) is 13.9. The van der Waals surface area contributed by atoms with Crippen LogP contribution in [0.25, 0.3) is 0 Å². The summed E-state index contributed by atoms with van der Waals surface area (Å²) in [7, 11) is 0. The Morgan fingerprint density at radius 3 is 2.82 bits per heavy atom. The molecule has 1 aromatic rings. The molecule has 2 amide bonds. The Hall–Kier alpha value is -1.73. The van der Waals surface area contributed by atoms with Crippen LogP contribution in [0.5, 0.6) is 0 Å². The molecule has 0 bridgehead atoms. The Bertz CT molecular complexity index is 623. The lowest BCUT2D eigenvalue weighted by molar-refractivity contribution is -0.141. The normalized spacial score (nSPS) is 21.1. The fourth-order valence-electron chi connectivity index (χ4n) is 1.93. The van der Waals surface area contributed by atoms with E-state index in [0.717, 1.165) is 5.56 Å². The first-order valence-electron chi connectivity index (χ1n) is 6.57. The number of amides is 2. The topological polar surface area (TPSA) is 95.5 Å². The highest BCUT2D eigenvalue weighted by molar-refractivity contribution is 8.00. The fraction of sp³-hybridized carbons (Fsp3) is 0.357. The highest BCUT2D eigenvalue weighted by Crippen LogP contribution is 2.23. The van der Waals surface area contributed by atoms with E-state index in [-0.39, 0.29) is 18.1 Å². The number of halogens is 1. The summed E-state index contributed by atoms with van der Waals surface area (Å²) < 4.78 is 0. The highest BCUT2D eigenvalue weighted by atomic mass is 35.5. The molecule has 6 nitrogen and oxygen atoms in total. The van der Waals surface area contributed by atoms with Crippen molar-refractivity contribution in [2.24, 2.45) is 0 Å². The molecule has 0 saturated carbocycles. The molecule has 8 heteroatoms. The van der Waals surface area contributed by atoms with Crippen molar-refractivity contribution < 1.29 is 19.5 Å². The van der Waals surface area contributed by atoms with Crippen LogP contribution in [0, 0.1) is 6.92 Å². The van der Waals surface area contributed by atoms with Gasteiger partial charge in [0.2, 0.25) is 11.8 Å². The molecule has 0 unspecified atom stereocenters. The number of hydrogen-bond acceptors (Lipinski definition) is 4. The van der Waals surface area contributed by atoms with Gasteiger partial charge in [-0.1, -0.05) is 17.7 Å². The van der Waals surface area contributed by atoms with Gasteiger partial charge in [-0.05, 0) is 24.6 Å². The van der Waals surface area contributed by atoms with Gasteiger partial charge in [-0.3, -0.25) is 9.59 Å². The van der Waals surface area contributed by atoms with Gasteiger partial charge in [-0.15, -0.1) is 11.8 Å². The maximum atomic E-state index is 12.0. The van der Waals surface area contributed by atoms with E-state index >= 15 is 0 Å². The van der Waals surface area contributed by atoms with Crippen molar-refractivity contribution in [1.82, 2.24) is 5.32 Å². The van der Waals surface area contributed by atoms with Gasteiger partial charge in [0, 0.05) is 22.9 Å². The van der Waals surface area contributed by atoms with E-state index in [1.54, 1.807) is 18.2 Å². The predicted molar refractivity (Wildman–Crippen MR) is 85.2 cm³/mol. The predicted octanol–water partition coefficient (Wildman–Crippen LogP) is 1.66. The number of anilines is 1. The lowest BCUT2D eigenvalue weighted by atomic mass is 10.2. The first-order chi connectivity index (χ1) is 10.4. The molecular formula is C14H15ClN2O4S. The minimum Gasteiger partial charge on any atom is -0.480 e. The second-order valence-corrected chi connectivity index (χ2v) is 6.58. The van der Waals surface area contributed by atoms with Crippen LogP contribution < -0.4 is 10.6 Å². The maximum absolute atomic E-state index is 12.0. The van der Waals surface area contributed by atoms with Crippen molar-refractivity contribution in [3.05, 3.63) is 28.8 Å². The van der Waals surface area contributed by atoms with E-state index in [2.05, 4.69) is 10.6 Å². The fourth-order valence-corrected chi connectivity index (χ4v) is 3.25. The van der Waals surface area contributed by atoms with E-state index in [4.69, 9.17) is 16.7 Å². The summed E-state index contributed by atoms with van der Waals surface area (Å²) in [5.41, 5.74) is 1.46. The van der Waals surface area contributed by atoms with Crippen molar-refractivity contribution in [2.75, 3.05) is 11.1 Å². The molecular weight excluding hydrogens is 328 g/mol. The molecule has 0 aliphatic carbocycles. The molecule has 0 radical (unpaired) electrons. The van der Waals surface area contributed by atoms with Crippen molar-refractivity contribution in [3.63, 3.8) is 0 Å². The van der Waals surface area contributed by atoms with Gasteiger partial charge in [0.1, 0.15) is 6.04 Å². The lowest BCUT2D eigenvalue weighted by Gasteiger charge is -2.25. The number of rotatable bonds is 4. The first-order valence-corrected chi connectivity index (χ1v) is 8.00. The summed E-state index contributed by atoms with van der Waals surface area (Å²) in [4.78, 5) is 34.6. The SMILES string of the molecule is Cc1ccc(NC(=O)C[C@H]2SC[C@H](C(=O)O)NC2=O)cc1Cl. The molecule has 1 fully saturated rings. The van der Waals surface area contributed by atoms with Crippen LogP contribution in [0.4, 0.5) is 5.69 Å². The zero-order chi connectivity index (χ0) is 16.3. The summed E-state index contributed by atoms with van der Waals surface area (Å²) in [6, 6.07) is 4.27. The molecule has 1 aromatic carbocycles. The Balaban J connectivity index is 1.91. The van der Waals surface area contributed by atoms with E-state index in [9.17, 15) is 14.4 Å². The summed E-state index contributed by atoms with van der Waals surface area (Å²) in [6.07, 6.45) is -0.0195. The number of aliphatic carboxylic acids is 1. The molecule has 22 heavy (non-hydrogen) atoms. The summed E-state index contributed by atoms with van der Waals surface area (Å²) >= 11 is 7.16. The van der Waals surface area contributed by atoms with Gasteiger partial charge in [0.05, 0.1) is 5.25 Å². The van der Waals surface area contributed by atoms with Crippen LogP contribution >= 0.6 is 23.4 Å². The Labute approximate surface area is 136 Å². The molecule has 0 aromatic heterocycles. The summed E-state index contributed by atoms with van der Waals surface area (Å²) in [5.74, 6) is -1.57. The van der Waals surface area contributed by atoms with Gasteiger partial charge in [-0.25, -0.2) is 4.79 Å². The largest absolute Gasteiger partial charge is 0.480 e. The monoisotopic (exact) mass is 342 g/mol. The quantitative estimate of drug-likeness (QED) is 0.773. The first kappa shape index (κ1) is 16.6. The van der Waals surface area contributed by atoms with E-state index < -0.39 is 23.2 Å². The van der Waals surface area contributed by atoms with Gasteiger partial charge in [0.25, 0.3) is 0 Å². The summed E-state index contributed by atoms with van der Waals surface area (Å²) in [6.45, 7) is 1.86. The third kappa shape index (κ3) is 4.14. The third-order valence-electron chi connectivity index (χ3n) is 3.20. The maximum Gasteiger partial charge on any atom is 0.327 e. The standard InChI is InChI=1S/C14H15ClN2O4S/c1-7-2-3-8(4-9(7)15)16-12(18)5-11-13(19)17-10(6-22-11)14(20)21/h2-4,10-11H,5-6H2,1H3,(H,16,18)(H,17,19)(H,20,21)/t10-,11-/m1/s1.